The Balaban J connectivity index is 2.37. The summed E-state index contributed by atoms with van der Waals surface area (Å²) in [5.74, 6) is 5.81. The lowest BCUT2D eigenvalue weighted by molar-refractivity contribution is 0.412. The fourth-order valence-corrected chi connectivity index (χ4v) is 3.20. The lowest BCUT2D eigenvalue weighted by Crippen LogP contribution is -2.18. The third kappa shape index (κ3) is 3.43. The maximum atomic E-state index is 12.3. The summed E-state index contributed by atoms with van der Waals surface area (Å²) in [6.45, 7) is 0. The number of rotatable bonds is 5. The maximum absolute atomic E-state index is 12.3. The van der Waals surface area contributed by atoms with Gasteiger partial charge in [-0.2, -0.15) is 8.42 Å². The number of methoxy groups -OCH3 is 1. The summed E-state index contributed by atoms with van der Waals surface area (Å²) in [6.07, 6.45) is 1.37. The van der Waals surface area contributed by atoms with E-state index in [1.807, 2.05) is 0 Å². The second-order valence-electron chi connectivity index (χ2n) is 3.96. The fraction of sp³-hybridized carbons (Fsp3) is 0.0833. The van der Waals surface area contributed by atoms with Crippen molar-refractivity contribution >= 4 is 37.3 Å². The highest BCUT2D eigenvalue weighted by atomic mass is 79.9. The van der Waals surface area contributed by atoms with Gasteiger partial charge in [0, 0.05) is 12.3 Å². The molecule has 2 aromatic rings. The number of nitrogen functional groups attached to an aromatic ring is 1. The number of sulfonamides is 1. The molecule has 0 saturated heterocycles. The zero-order valence-electron chi connectivity index (χ0n) is 11.0. The largest absolute Gasteiger partial charge is 0.495 e. The molecule has 1 aromatic heterocycles. The number of hydrogen-bond acceptors (Lipinski definition) is 6. The van der Waals surface area contributed by atoms with Gasteiger partial charge in [-0.25, -0.2) is 4.98 Å². The number of halogens is 1. The maximum Gasteiger partial charge on any atom is 0.281 e. The van der Waals surface area contributed by atoms with Crippen LogP contribution in [-0.2, 0) is 10.0 Å². The number of nitrogens with zero attached hydrogens (tertiary/aromatic N) is 1. The van der Waals surface area contributed by atoms with E-state index in [1.165, 1.54) is 19.4 Å². The Morgan fingerprint density at radius 1 is 1.33 bits per heavy atom. The monoisotopic (exact) mass is 372 g/mol. The minimum Gasteiger partial charge on any atom is -0.495 e. The molecule has 0 amide bonds. The number of pyridine rings is 1. The minimum atomic E-state index is -3.87. The number of nitrogens with two attached hydrogens (primary N) is 1. The summed E-state index contributed by atoms with van der Waals surface area (Å²) in [6, 6.07) is 7.93. The van der Waals surface area contributed by atoms with Crippen LogP contribution in [0.5, 0.6) is 5.75 Å². The van der Waals surface area contributed by atoms with E-state index in [2.05, 4.69) is 31.1 Å². The first-order chi connectivity index (χ1) is 9.97. The number of anilines is 2. The van der Waals surface area contributed by atoms with Crippen molar-refractivity contribution in [3.05, 3.63) is 41.0 Å². The minimum absolute atomic E-state index is 0.186. The molecule has 0 saturated carbocycles. The average molecular weight is 373 g/mol. The molecule has 0 aliphatic heterocycles. The Kier molecular flexibility index (Phi) is 4.66. The Labute approximate surface area is 130 Å². The van der Waals surface area contributed by atoms with Crippen LogP contribution in [0.25, 0.3) is 0 Å². The molecule has 0 aliphatic carbocycles. The second kappa shape index (κ2) is 6.29. The zero-order chi connectivity index (χ0) is 15.5. The number of aromatic nitrogens is 1. The van der Waals surface area contributed by atoms with Crippen molar-refractivity contribution in [1.29, 1.82) is 0 Å². The molecule has 0 fully saturated rings. The first-order valence-electron chi connectivity index (χ1n) is 5.76. The molecule has 4 N–H and O–H groups in total. The Bertz CT molecular complexity index is 752. The fourth-order valence-electron chi connectivity index (χ4n) is 1.64. The quantitative estimate of drug-likeness (QED) is 0.546. The van der Waals surface area contributed by atoms with E-state index < -0.39 is 10.0 Å². The van der Waals surface area contributed by atoms with Crippen molar-refractivity contribution in [2.75, 3.05) is 17.3 Å². The first-order valence-corrected chi connectivity index (χ1v) is 8.03. The molecule has 7 nitrogen and oxygen atoms in total. The highest BCUT2D eigenvalue weighted by molar-refractivity contribution is 9.10. The molecule has 2 rings (SSSR count). The Morgan fingerprint density at radius 2 is 2.10 bits per heavy atom. The van der Waals surface area contributed by atoms with Gasteiger partial charge in [-0.1, -0.05) is 0 Å². The average Bonchev–Trinajstić information content (AvgIpc) is 2.49. The summed E-state index contributed by atoms with van der Waals surface area (Å²) in [5, 5.41) is -0.186. The van der Waals surface area contributed by atoms with Gasteiger partial charge in [-0.15, -0.1) is 0 Å². The van der Waals surface area contributed by atoms with Gasteiger partial charge in [0.1, 0.15) is 5.75 Å². The number of nitrogens with one attached hydrogen (secondary N) is 2. The van der Waals surface area contributed by atoms with Crippen LogP contribution in [0.2, 0.25) is 0 Å². The number of benzene rings is 1. The standard InChI is InChI=1S/C12H13BrN4O3S/c1-20-11-7-8(4-5-9(11)13)17-21(18,19)12-10(16-14)3-2-6-15-12/h2-7,16-17H,14H2,1H3. The van der Waals surface area contributed by atoms with E-state index in [9.17, 15) is 8.42 Å². The molecule has 112 valence electrons. The van der Waals surface area contributed by atoms with Gasteiger partial charge < -0.3 is 10.2 Å². The highest BCUT2D eigenvalue weighted by Gasteiger charge is 2.20. The molecule has 9 heteroatoms. The van der Waals surface area contributed by atoms with Gasteiger partial charge >= 0.3 is 0 Å². The van der Waals surface area contributed by atoms with Crippen LogP contribution in [0.15, 0.2) is 46.0 Å². The Hall–Kier alpha value is -1.84. The van der Waals surface area contributed by atoms with Gasteiger partial charge in [0.25, 0.3) is 10.0 Å². The van der Waals surface area contributed by atoms with E-state index in [4.69, 9.17) is 10.6 Å². The third-order valence-corrected chi connectivity index (χ3v) is 4.58. The molecular weight excluding hydrogens is 360 g/mol. The molecule has 0 aliphatic rings. The highest BCUT2D eigenvalue weighted by Crippen LogP contribution is 2.29. The van der Waals surface area contributed by atoms with Crippen molar-refractivity contribution in [3.63, 3.8) is 0 Å². The molecule has 0 atom stereocenters. The van der Waals surface area contributed by atoms with Gasteiger partial charge in [0.2, 0.25) is 5.03 Å². The second-order valence-corrected chi connectivity index (χ2v) is 6.41. The van der Waals surface area contributed by atoms with Crippen LogP contribution >= 0.6 is 15.9 Å². The zero-order valence-corrected chi connectivity index (χ0v) is 13.4. The van der Waals surface area contributed by atoms with E-state index in [-0.39, 0.29) is 10.7 Å². The number of ether oxygens (including phenoxy) is 1. The molecule has 1 aromatic carbocycles. The topological polar surface area (TPSA) is 106 Å². The summed E-state index contributed by atoms with van der Waals surface area (Å²) in [5.41, 5.74) is 2.86. The van der Waals surface area contributed by atoms with Crippen LogP contribution in [-0.4, -0.2) is 20.5 Å². The molecule has 0 bridgehead atoms. The number of hydrogen-bond donors (Lipinski definition) is 3. The lowest BCUT2D eigenvalue weighted by Gasteiger charge is -2.12. The van der Waals surface area contributed by atoms with Crippen molar-refractivity contribution in [3.8, 4) is 5.75 Å². The van der Waals surface area contributed by atoms with Crippen LogP contribution < -0.4 is 20.7 Å². The number of hydrazine groups is 1. The van der Waals surface area contributed by atoms with Crippen LogP contribution in [0.3, 0.4) is 0 Å². The summed E-state index contributed by atoms with van der Waals surface area (Å²) >= 11 is 3.30. The van der Waals surface area contributed by atoms with Crippen molar-refractivity contribution in [2.45, 2.75) is 5.03 Å². The van der Waals surface area contributed by atoms with E-state index in [0.717, 1.165) is 4.47 Å². The predicted octanol–water partition coefficient (Wildman–Crippen LogP) is 1.94. The van der Waals surface area contributed by atoms with Crippen molar-refractivity contribution < 1.29 is 13.2 Å². The molecule has 1 heterocycles. The van der Waals surface area contributed by atoms with E-state index in [1.54, 1.807) is 24.3 Å². The van der Waals surface area contributed by atoms with Gasteiger partial charge in [-0.3, -0.25) is 10.6 Å². The summed E-state index contributed by atoms with van der Waals surface area (Å²) < 4.78 is 33.0. The van der Waals surface area contributed by atoms with Crippen LogP contribution in [0.1, 0.15) is 0 Å². The lowest BCUT2D eigenvalue weighted by atomic mass is 10.3. The molecule has 21 heavy (non-hydrogen) atoms. The third-order valence-electron chi connectivity index (χ3n) is 2.58. The summed E-state index contributed by atoms with van der Waals surface area (Å²) in [7, 11) is -2.37. The summed E-state index contributed by atoms with van der Waals surface area (Å²) in [4.78, 5) is 3.84. The first kappa shape index (κ1) is 15.5. The Morgan fingerprint density at radius 3 is 2.76 bits per heavy atom. The van der Waals surface area contributed by atoms with Gasteiger partial charge in [-0.05, 0) is 40.2 Å². The SMILES string of the molecule is COc1cc(NS(=O)(=O)c2ncccc2NN)ccc1Br. The molecule has 0 unspecified atom stereocenters. The van der Waals surface area contributed by atoms with E-state index >= 15 is 0 Å². The van der Waals surface area contributed by atoms with Crippen molar-refractivity contribution in [1.82, 2.24) is 4.98 Å². The van der Waals surface area contributed by atoms with E-state index in [0.29, 0.717) is 11.4 Å². The molecule has 0 radical (unpaired) electrons. The molecule has 0 spiro atoms. The normalized spacial score (nSPS) is 11.0. The van der Waals surface area contributed by atoms with Gasteiger partial charge in [0.05, 0.1) is 23.0 Å². The smallest absolute Gasteiger partial charge is 0.281 e. The van der Waals surface area contributed by atoms with Crippen LogP contribution in [0, 0.1) is 0 Å². The predicted molar refractivity (Wildman–Crippen MR) is 83.5 cm³/mol. The van der Waals surface area contributed by atoms with Crippen LogP contribution in [0.4, 0.5) is 11.4 Å². The van der Waals surface area contributed by atoms with Crippen molar-refractivity contribution in [2.24, 2.45) is 5.84 Å². The molecular formula is C12H13BrN4O3S. The van der Waals surface area contributed by atoms with Gasteiger partial charge in [0.15, 0.2) is 0 Å².